The average Bonchev–Trinajstić information content (AvgIpc) is 3.49. The second-order valence-corrected chi connectivity index (χ2v) is 13.1. The first-order valence-corrected chi connectivity index (χ1v) is 14.1. The summed E-state index contributed by atoms with van der Waals surface area (Å²) in [6.07, 6.45) is 7.16. The molecular formula is C27H31N3O5S. The smallest absolute Gasteiger partial charge is 0.417 e. The zero-order valence-corrected chi connectivity index (χ0v) is 21.5. The van der Waals surface area contributed by atoms with Crippen LogP contribution < -0.4 is 0 Å². The van der Waals surface area contributed by atoms with E-state index in [0.717, 1.165) is 29.4 Å². The number of hydrogen-bond donors (Lipinski definition) is 1. The molecule has 8 nitrogen and oxygen atoms in total. The summed E-state index contributed by atoms with van der Waals surface area (Å²) in [5.74, 6) is -0.511. The van der Waals surface area contributed by atoms with Gasteiger partial charge in [-0.1, -0.05) is 38.1 Å². The number of fused-ring (bicyclic) bond motifs is 2. The minimum Gasteiger partial charge on any atom is -0.452 e. The fourth-order valence-electron chi connectivity index (χ4n) is 7.36. The van der Waals surface area contributed by atoms with Crippen molar-refractivity contribution >= 4 is 32.9 Å². The fourth-order valence-corrected chi connectivity index (χ4v) is 9.90. The quantitative estimate of drug-likeness (QED) is 0.669. The highest BCUT2D eigenvalue weighted by atomic mass is 32.2. The van der Waals surface area contributed by atoms with Crippen LogP contribution >= 0.6 is 0 Å². The number of nitrogens with one attached hydrogen (secondary N) is 1. The lowest BCUT2D eigenvalue weighted by molar-refractivity contribution is -0.125. The van der Waals surface area contributed by atoms with E-state index in [1.54, 1.807) is 12.3 Å². The summed E-state index contributed by atoms with van der Waals surface area (Å²) >= 11 is 0. The normalized spacial score (nSPS) is 31.5. The number of ether oxygens (including phenoxy) is 1. The second-order valence-electron chi connectivity index (χ2n) is 11.2. The minimum absolute atomic E-state index is 0.0103. The SMILES string of the molecule is COC(=O)N1C=C[C@@H](Cc2cc3ccccc3[nH]2)C(C(=O)N2[C@@H]3C[C@H]4CC[C@]3(CS2(=O)=O)C4(C)C)=C1. The zero-order valence-electron chi connectivity index (χ0n) is 20.7. The summed E-state index contributed by atoms with van der Waals surface area (Å²) < 4.78 is 33.1. The molecule has 1 spiro atoms. The molecule has 4 aliphatic rings. The topological polar surface area (TPSA) is 99.8 Å². The number of H-pyrrole nitrogens is 1. The fraction of sp³-hybridized carbons (Fsp3) is 0.481. The van der Waals surface area contributed by atoms with E-state index < -0.39 is 33.4 Å². The number of sulfonamides is 1. The minimum atomic E-state index is -3.79. The van der Waals surface area contributed by atoms with Crippen molar-refractivity contribution < 1.29 is 22.7 Å². The molecule has 36 heavy (non-hydrogen) atoms. The van der Waals surface area contributed by atoms with Gasteiger partial charge in [0, 0.05) is 40.5 Å². The van der Waals surface area contributed by atoms with Gasteiger partial charge < -0.3 is 9.72 Å². The van der Waals surface area contributed by atoms with Gasteiger partial charge in [-0.15, -0.1) is 0 Å². The molecule has 1 N–H and O–H groups in total. The van der Waals surface area contributed by atoms with Crippen LogP contribution in [0.25, 0.3) is 10.9 Å². The van der Waals surface area contributed by atoms with Gasteiger partial charge in [-0.2, -0.15) is 0 Å². The first-order chi connectivity index (χ1) is 17.1. The monoisotopic (exact) mass is 509 g/mol. The van der Waals surface area contributed by atoms with Crippen LogP contribution in [-0.4, -0.2) is 53.5 Å². The Hall–Kier alpha value is -3.07. The van der Waals surface area contributed by atoms with Crippen LogP contribution in [0.5, 0.6) is 0 Å². The van der Waals surface area contributed by atoms with Crippen molar-refractivity contribution in [3.8, 4) is 0 Å². The van der Waals surface area contributed by atoms with Crippen LogP contribution in [0.2, 0.25) is 0 Å². The number of allylic oxidation sites excluding steroid dienone is 1. The average molecular weight is 510 g/mol. The van der Waals surface area contributed by atoms with Crippen LogP contribution in [0.15, 0.2) is 54.4 Å². The Morgan fingerprint density at radius 3 is 2.72 bits per heavy atom. The Balaban J connectivity index is 1.37. The van der Waals surface area contributed by atoms with Crippen LogP contribution in [-0.2, 0) is 26.0 Å². The number of carbonyl (C=O) groups is 2. The molecule has 6 rings (SSSR count). The molecule has 0 radical (unpaired) electrons. The van der Waals surface area contributed by atoms with E-state index in [0.29, 0.717) is 18.8 Å². The molecule has 4 atom stereocenters. The van der Waals surface area contributed by atoms with Crippen molar-refractivity contribution in [2.24, 2.45) is 22.7 Å². The van der Waals surface area contributed by atoms with Crippen molar-refractivity contribution in [1.29, 1.82) is 0 Å². The number of benzene rings is 1. The van der Waals surface area contributed by atoms with Gasteiger partial charge in [0.25, 0.3) is 5.91 Å². The molecule has 2 saturated carbocycles. The molecule has 2 aliphatic heterocycles. The Morgan fingerprint density at radius 1 is 1.22 bits per heavy atom. The highest BCUT2D eigenvalue weighted by Crippen LogP contribution is 2.70. The predicted molar refractivity (Wildman–Crippen MR) is 135 cm³/mol. The summed E-state index contributed by atoms with van der Waals surface area (Å²) in [6.45, 7) is 4.32. The third kappa shape index (κ3) is 3.14. The molecule has 2 bridgehead atoms. The number of para-hydroxylation sites is 1. The van der Waals surface area contributed by atoms with E-state index in [1.807, 2.05) is 30.3 Å². The Morgan fingerprint density at radius 2 is 2.00 bits per heavy atom. The lowest BCUT2D eigenvalue weighted by atomic mass is 9.69. The van der Waals surface area contributed by atoms with Gasteiger partial charge in [0.1, 0.15) is 0 Å². The molecule has 2 aliphatic carbocycles. The van der Waals surface area contributed by atoms with Gasteiger partial charge in [-0.3, -0.25) is 9.69 Å². The summed E-state index contributed by atoms with van der Waals surface area (Å²) in [5, 5.41) is 1.06. The highest BCUT2D eigenvalue weighted by molar-refractivity contribution is 7.90. The third-order valence-corrected chi connectivity index (χ3v) is 11.3. The molecule has 3 heterocycles. The van der Waals surface area contributed by atoms with E-state index >= 15 is 0 Å². The number of rotatable bonds is 3. The van der Waals surface area contributed by atoms with Crippen molar-refractivity contribution in [2.45, 2.75) is 45.6 Å². The van der Waals surface area contributed by atoms with Crippen LogP contribution in [0.1, 0.15) is 38.8 Å². The van der Waals surface area contributed by atoms with Crippen molar-refractivity contribution in [3.05, 3.63) is 60.1 Å². The number of aromatic nitrogens is 1. The maximum atomic E-state index is 14.1. The molecule has 1 saturated heterocycles. The molecule has 2 amide bonds. The number of aromatic amines is 1. The number of hydrogen-bond acceptors (Lipinski definition) is 5. The lowest BCUT2D eigenvalue weighted by Crippen LogP contribution is -2.46. The number of carbonyl (C=O) groups excluding carboxylic acids is 2. The third-order valence-electron chi connectivity index (χ3n) is 9.43. The molecule has 0 unspecified atom stereocenters. The maximum Gasteiger partial charge on any atom is 0.417 e. The van der Waals surface area contributed by atoms with E-state index in [-0.39, 0.29) is 22.8 Å². The standard InChI is InChI=1S/C27H31N3O5S/c1-26(2)19-8-10-27(26)16-36(33,34)30(23(27)14-19)24(31)21-15-29(25(32)35-3)11-9-17(21)12-20-13-18-6-4-5-7-22(18)28-20/h4-7,9,11,13,15,17,19,23,28H,8,10,12,14,16H2,1-3H3/t17-,19+,23+,27+/m0/s1. The number of methoxy groups -OCH3 is 1. The molecule has 190 valence electrons. The number of amides is 2. The Kier molecular flexibility index (Phi) is 5.00. The van der Waals surface area contributed by atoms with Crippen LogP contribution in [0, 0.1) is 22.7 Å². The van der Waals surface area contributed by atoms with Gasteiger partial charge in [0.2, 0.25) is 10.0 Å². The van der Waals surface area contributed by atoms with Crippen LogP contribution in [0.4, 0.5) is 4.79 Å². The first-order valence-electron chi connectivity index (χ1n) is 12.5. The molecule has 2 aromatic rings. The number of nitrogens with zero attached hydrogens (tertiary/aromatic N) is 2. The lowest BCUT2D eigenvalue weighted by Gasteiger charge is -2.37. The molecule has 1 aromatic heterocycles. The molecule has 1 aromatic carbocycles. The summed E-state index contributed by atoms with van der Waals surface area (Å²) in [6, 6.07) is 9.63. The molecule has 3 fully saturated rings. The van der Waals surface area contributed by atoms with E-state index in [4.69, 9.17) is 4.74 Å². The van der Waals surface area contributed by atoms with Crippen molar-refractivity contribution in [1.82, 2.24) is 14.2 Å². The van der Waals surface area contributed by atoms with Crippen LogP contribution in [0.3, 0.4) is 0 Å². The van der Waals surface area contributed by atoms with Gasteiger partial charge in [-0.25, -0.2) is 17.5 Å². The Bertz CT molecular complexity index is 1410. The summed E-state index contributed by atoms with van der Waals surface area (Å²) in [5.41, 5.74) is 1.66. The van der Waals surface area contributed by atoms with Gasteiger partial charge in [-0.05, 0) is 54.5 Å². The largest absolute Gasteiger partial charge is 0.452 e. The molecule has 9 heteroatoms. The van der Waals surface area contributed by atoms with E-state index in [1.165, 1.54) is 22.5 Å². The van der Waals surface area contributed by atoms with Gasteiger partial charge >= 0.3 is 6.09 Å². The zero-order chi connectivity index (χ0) is 25.5. The predicted octanol–water partition coefficient (Wildman–Crippen LogP) is 4.17. The van der Waals surface area contributed by atoms with Gasteiger partial charge in [0.05, 0.1) is 18.9 Å². The maximum absolute atomic E-state index is 14.1. The molecular weight excluding hydrogens is 478 g/mol. The Labute approximate surface area is 211 Å². The second kappa shape index (κ2) is 7.71. The van der Waals surface area contributed by atoms with Gasteiger partial charge in [0.15, 0.2) is 0 Å². The highest BCUT2D eigenvalue weighted by Gasteiger charge is 2.72. The van der Waals surface area contributed by atoms with Crippen molar-refractivity contribution in [3.63, 3.8) is 0 Å². The summed E-state index contributed by atoms with van der Waals surface area (Å²) in [7, 11) is -2.52. The van der Waals surface area contributed by atoms with Crippen molar-refractivity contribution in [2.75, 3.05) is 12.9 Å². The van der Waals surface area contributed by atoms with E-state index in [2.05, 4.69) is 18.8 Å². The van der Waals surface area contributed by atoms with E-state index in [9.17, 15) is 18.0 Å². The summed E-state index contributed by atoms with van der Waals surface area (Å²) in [4.78, 5) is 31.0. The first kappa shape index (κ1) is 23.3.